The first kappa shape index (κ1) is 23.4. The van der Waals surface area contributed by atoms with Crippen LogP contribution < -0.4 is 9.46 Å². The van der Waals surface area contributed by atoms with Gasteiger partial charge in [0.15, 0.2) is 0 Å². The number of likely N-dealkylation sites (tertiary alicyclic amines) is 1. The van der Waals surface area contributed by atoms with E-state index < -0.39 is 15.8 Å². The van der Waals surface area contributed by atoms with Crippen LogP contribution in [0.2, 0.25) is 0 Å². The van der Waals surface area contributed by atoms with Gasteiger partial charge in [0.2, 0.25) is 10.0 Å². The lowest BCUT2D eigenvalue weighted by molar-refractivity contribution is 0.0712. The van der Waals surface area contributed by atoms with Crippen LogP contribution in [0.5, 0.6) is 5.75 Å². The van der Waals surface area contributed by atoms with E-state index >= 15 is 0 Å². The molecule has 2 aromatic carbocycles. The number of rotatable bonds is 7. The zero-order valence-electron chi connectivity index (χ0n) is 18.2. The normalized spacial score (nSPS) is 14.9. The van der Waals surface area contributed by atoms with Gasteiger partial charge in [0.25, 0.3) is 5.91 Å². The van der Waals surface area contributed by atoms with E-state index in [9.17, 15) is 17.6 Å². The molecule has 4 rings (SSSR count). The monoisotopic (exact) mass is 488 g/mol. The number of halogens is 1. The summed E-state index contributed by atoms with van der Waals surface area (Å²) in [5.74, 6) is -0.0212. The van der Waals surface area contributed by atoms with Crippen LogP contribution in [-0.4, -0.2) is 45.0 Å². The van der Waals surface area contributed by atoms with Crippen LogP contribution in [-0.2, 0) is 10.0 Å². The van der Waals surface area contributed by atoms with E-state index in [4.69, 9.17) is 4.74 Å². The molecule has 1 amide bonds. The van der Waals surface area contributed by atoms with Gasteiger partial charge in [-0.25, -0.2) is 17.5 Å². The summed E-state index contributed by atoms with van der Waals surface area (Å²) < 4.78 is 46.7. The maximum absolute atomic E-state index is 13.3. The molecule has 3 aromatic rings. The van der Waals surface area contributed by atoms with E-state index in [2.05, 4.69) is 4.72 Å². The number of benzene rings is 2. The second-order valence-corrected chi connectivity index (χ2v) is 10.5. The summed E-state index contributed by atoms with van der Waals surface area (Å²) in [6.07, 6.45) is 0.986. The number of sulfonamides is 1. The van der Waals surface area contributed by atoms with Crippen LogP contribution in [0.15, 0.2) is 65.6 Å². The second-order valence-electron chi connectivity index (χ2n) is 7.74. The van der Waals surface area contributed by atoms with Crippen molar-refractivity contribution in [2.75, 3.05) is 19.7 Å². The quantitative estimate of drug-likeness (QED) is 0.530. The summed E-state index contributed by atoms with van der Waals surface area (Å²) in [7, 11) is -3.75. The second kappa shape index (κ2) is 10.0. The minimum atomic E-state index is -3.75. The van der Waals surface area contributed by atoms with Gasteiger partial charge in [0, 0.05) is 24.0 Å². The number of thiophene rings is 1. The summed E-state index contributed by atoms with van der Waals surface area (Å²) in [5, 5.41) is 0. The van der Waals surface area contributed by atoms with Crippen LogP contribution in [0.4, 0.5) is 4.39 Å². The van der Waals surface area contributed by atoms with Crippen molar-refractivity contribution in [3.63, 3.8) is 0 Å². The number of carbonyl (C=O) groups excluding carboxylic acids is 1. The van der Waals surface area contributed by atoms with Gasteiger partial charge < -0.3 is 9.64 Å². The number of carbonyl (C=O) groups is 1. The van der Waals surface area contributed by atoms with Crippen molar-refractivity contribution in [2.24, 2.45) is 0 Å². The number of amides is 1. The van der Waals surface area contributed by atoms with Crippen molar-refractivity contribution in [3.8, 4) is 16.2 Å². The Kier molecular flexibility index (Phi) is 7.11. The highest BCUT2D eigenvalue weighted by molar-refractivity contribution is 7.89. The molecule has 2 heterocycles. The van der Waals surface area contributed by atoms with E-state index in [1.807, 2.05) is 43.3 Å². The Hall–Kier alpha value is -2.75. The van der Waals surface area contributed by atoms with Gasteiger partial charge in [0.05, 0.1) is 11.5 Å². The van der Waals surface area contributed by atoms with E-state index in [-0.39, 0.29) is 16.8 Å². The molecule has 33 heavy (non-hydrogen) atoms. The third-order valence-corrected chi connectivity index (χ3v) is 8.17. The van der Waals surface area contributed by atoms with Gasteiger partial charge in [-0.3, -0.25) is 4.79 Å². The van der Waals surface area contributed by atoms with Crippen molar-refractivity contribution in [3.05, 3.63) is 71.4 Å². The van der Waals surface area contributed by atoms with Crippen LogP contribution >= 0.6 is 11.3 Å². The standard InChI is InChI=1S/C24H25FN2O4S2/c1-2-31-21-16-22(17-6-4-3-5-7-17)32-23(21)24(28)27-14-12-19(13-15-27)26-33(29,30)20-10-8-18(25)9-11-20/h3-11,16,19,26H,2,12-15H2,1H3. The molecule has 0 atom stereocenters. The molecule has 174 valence electrons. The van der Waals surface area contributed by atoms with Crippen LogP contribution in [0.25, 0.3) is 10.4 Å². The molecule has 1 aromatic heterocycles. The maximum Gasteiger partial charge on any atom is 0.267 e. The molecule has 1 aliphatic heterocycles. The fourth-order valence-corrected chi connectivity index (χ4v) is 6.16. The molecule has 6 nitrogen and oxygen atoms in total. The molecule has 1 aliphatic rings. The first-order chi connectivity index (χ1) is 15.9. The summed E-state index contributed by atoms with van der Waals surface area (Å²) in [5.41, 5.74) is 1.02. The minimum Gasteiger partial charge on any atom is -0.492 e. The molecule has 1 N–H and O–H groups in total. The third-order valence-electron chi connectivity index (χ3n) is 5.48. The Balaban J connectivity index is 1.43. The lowest BCUT2D eigenvalue weighted by Gasteiger charge is -2.32. The van der Waals surface area contributed by atoms with E-state index in [1.165, 1.54) is 23.5 Å². The zero-order chi connectivity index (χ0) is 23.4. The number of hydrogen-bond donors (Lipinski definition) is 1. The molecule has 0 bridgehead atoms. The van der Waals surface area contributed by atoms with Crippen molar-refractivity contribution in [2.45, 2.75) is 30.7 Å². The summed E-state index contributed by atoms with van der Waals surface area (Å²) in [4.78, 5) is 16.6. The highest BCUT2D eigenvalue weighted by Crippen LogP contribution is 2.37. The van der Waals surface area contributed by atoms with E-state index in [0.29, 0.717) is 43.2 Å². The average molecular weight is 489 g/mol. The predicted molar refractivity (Wildman–Crippen MR) is 127 cm³/mol. The van der Waals surface area contributed by atoms with Crippen LogP contribution in [0.3, 0.4) is 0 Å². The number of piperidine rings is 1. The zero-order valence-corrected chi connectivity index (χ0v) is 19.8. The van der Waals surface area contributed by atoms with Crippen LogP contribution in [0, 0.1) is 5.82 Å². The molecular formula is C24H25FN2O4S2. The Morgan fingerprint density at radius 1 is 1.12 bits per heavy atom. The molecule has 0 radical (unpaired) electrons. The smallest absolute Gasteiger partial charge is 0.267 e. The Labute approximate surface area is 197 Å². The molecule has 1 saturated heterocycles. The van der Waals surface area contributed by atoms with Crippen molar-refractivity contribution in [1.29, 1.82) is 0 Å². The summed E-state index contributed by atoms with van der Waals surface area (Å²) in [6.45, 7) is 3.20. The average Bonchev–Trinajstić information content (AvgIpc) is 3.24. The summed E-state index contributed by atoms with van der Waals surface area (Å²) in [6, 6.07) is 16.2. The molecule has 0 unspecified atom stereocenters. The van der Waals surface area contributed by atoms with Gasteiger partial charge >= 0.3 is 0 Å². The van der Waals surface area contributed by atoms with E-state index in [1.54, 1.807) is 4.90 Å². The largest absolute Gasteiger partial charge is 0.492 e. The minimum absolute atomic E-state index is 0.0239. The van der Waals surface area contributed by atoms with Gasteiger partial charge in [-0.2, -0.15) is 0 Å². The maximum atomic E-state index is 13.3. The highest BCUT2D eigenvalue weighted by atomic mass is 32.2. The summed E-state index contributed by atoms with van der Waals surface area (Å²) >= 11 is 1.41. The van der Waals surface area contributed by atoms with Crippen LogP contribution in [0.1, 0.15) is 29.4 Å². The number of nitrogens with one attached hydrogen (secondary N) is 1. The predicted octanol–water partition coefficient (Wildman–Crippen LogP) is 4.54. The molecular weight excluding hydrogens is 463 g/mol. The lowest BCUT2D eigenvalue weighted by atomic mass is 10.1. The number of hydrogen-bond acceptors (Lipinski definition) is 5. The fourth-order valence-electron chi connectivity index (χ4n) is 3.78. The molecule has 1 fully saturated rings. The highest BCUT2D eigenvalue weighted by Gasteiger charge is 2.29. The fraction of sp³-hybridized carbons (Fsp3) is 0.292. The first-order valence-electron chi connectivity index (χ1n) is 10.8. The molecule has 0 saturated carbocycles. The SMILES string of the molecule is CCOc1cc(-c2ccccc2)sc1C(=O)N1CCC(NS(=O)(=O)c2ccc(F)cc2)CC1. The molecule has 0 aliphatic carbocycles. The van der Waals surface area contributed by atoms with Gasteiger partial charge in [0.1, 0.15) is 16.4 Å². The number of nitrogens with zero attached hydrogens (tertiary/aromatic N) is 1. The van der Waals surface area contributed by atoms with E-state index in [0.717, 1.165) is 22.6 Å². The number of ether oxygens (including phenoxy) is 1. The van der Waals surface area contributed by atoms with Gasteiger partial charge in [-0.1, -0.05) is 30.3 Å². The van der Waals surface area contributed by atoms with Crippen molar-refractivity contribution >= 4 is 27.3 Å². The molecule has 9 heteroatoms. The van der Waals surface area contributed by atoms with Crippen molar-refractivity contribution in [1.82, 2.24) is 9.62 Å². The van der Waals surface area contributed by atoms with Crippen molar-refractivity contribution < 1.29 is 22.3 Å². The van der Waals surface area contributed by atoms with Gasteiger partial charge in [-0.15, -0.1) is 11.3 Å². The first-order valence-corrected chi connectivity index (χ1v) is 13.1. The Morgan fingerprint density at radius 2 is 1.79 bits per heavy atom. The lowest BCUT2D eigenvalue weighted by Crippen LogP contribution is -2.46. The molecule has 0 spiro atoms. The third kappa shape index (κ3) is 5.43. The topological polar surface area (TPSA) is 75.7 Å². The Morgan fingerprint density at radius 3 is 2.42 bits per heavy atom. The Bertz CT molecular complexity index is 1200. The van der Waals surface area contributed by atoms with Gasteiger partial charge in [-0.05, 0) is 55.7 Å².